The lowest BCUT2D eigenvalue weighted by Gasteiger charge is -1.97. The van der Waals surface area contributed by atoms with E-state index in [1.54, 1.807) is 10.9 Å². The molecule has 2 N–H and O–H groups in total. The first-order valence-corrected chi connectivity index (χ1v) is 7.80. The molecule has 0 fully saturated rings. The van der Waals surface area contributed by atoms with Gasteiger partial charge in [-0.25, -0.2) is 0 Å². The monoisotopic (exact) mass is 357 g/mol. The van der Waals surface area contributed by atoms with Crippen molar-refractivity contribution in [3.63, 3.8) is 0 Å². The lowest BCUT2D eigenvalue weighted by Crippen LogP contribution is -2.01. The standard InChI is InChI=1S/C13H13N5.C4H6O4/c1-17-7-5-12(16-17)10-18-9-11(8-15-18)13-4-2-3-6-14-13;5-3(6)1-2-4(7)8/h2-9H,10H2,1H3;1-2H2,(H,5,6)(H,7,8). The van der Waals surface area contributed by atoms with E-state index in [1.807, 2.05) is 54.6 Å². The molecule has 0 bridgehead atoms. The normalized spacial score (nSPS) is 10.0. The smallest absolute Gasteiger partial charge is 0.303 e. The van der Waals surface area contributed by atoms with E-state index in [4.69, 9.17) is 10.2 Å². The number of aryl methyl sites for hydroxylation is 1. The summed E-state index contributed by atoms with van der Waals surface area (Å²) in [5.74, 6) is -2.15. The van der Waals surface area contributed by atoms with Crippen molar-refractivity contribution in [1.82, 2.24) is 24.5 Å². The maximum atomic E-state index is 9.64. The van der Waals surface area contributed by atoms with E-state index in [1.165, 1.54) is 0 Å². The van der Waals surface area contributed by atoms with Crippen LogP contribution in [-0.4, -0.2) is 46.7 Å². The third kappa shape index (κ3) is 6.19. The molecule has 3 rings (SSSR count). The third-order valence-electron chi connectivity index (χ3n) is 3.24. The zero-order chi connectivity index (χ0) is 18.9. The van der Waals surface area contributed by atoms with Crippen molar-refractivity contribution < 1.29 is 19.8 Å². The summed E-state index contributed by atoms with van der Waals surface area (Å²) >= 11 is 0. The Morgan fingerprint density at radius 2 is 1.85 bits per heavy atom. The first-order chi connectivity index (χ1) is 12.4. The summed E-state index contributed by atoms with van der Waals surface area (Å²) in [6.45, 7) is 0.674. The number of rotatable bonds is 6. The molecule has 0 radical (unpaired) electrons. The second kappa shape index (κ2) is 9.11. The molecule has 0 aromatic carbocycles. The number of carboxylic acid groups (broad SMARTS) is 2. The summed E-state index contributed by atoms with van der Waals surface area (Å²) in [6.07, 6.45) is 6.93. The maximum Gasteiger partial charge on any atom is 0.303 e. The molecule has 0 spiro atoms. The van der Waals surface area contributed by atoms with Crippen LogP contribution in [-0.2, 0) is 23.2 Å². The highest BCUT2D eigenvalue weighted by Gasteiger charge is 2.04. The molecule has 0 saturated heterocycles. The Bertz CT molecular complexity index is 843. The molecular weight excluding hydrogens is 338 g/mol. The largest absolute Gasteiger partial charge is 0.481 e. The molecule has 0 atom stereocenters. The molecule has 9 nitrogen and oxygen atoms in total. The molecule has 0 aliphatic heterocycles. The molecule has 26 heavy (non-hydrogen) atoms. The minimum absolute atomic E-state index is 0.296. The van der Waals surface area contributed by atoms with Crippen molar-refractivity contribution in [3.05, 3.63) is 54.7 Å². The molecule has 9 heteroatoms. The van der Waals surface area contributed by atoms with Gasteiger partial charge in [0.05, 0.1) is 37.0 Å². The van der Waals surface area contributed by atoms with Crippen LogP contribution in [0.2, 0.25) is 0 Å². The summed E-state index contributed by atoms with van der Waals surface area (Å²) in [5.41, 5.74) is 2.95. The highest BCUT2D eigenvalue weighted by molar-refractivity contribution is 5.75. The van der Waals surface area contributed by atoms with Crippen molar-refractivity contribution in [2.45, 2.75) is 19.4 Å². The quantitative estimate of drug-likeness (QED) is 0.687. The number of aliphatic carboxylic acids is 2. The number of hydrogen-bond acceptors (Lipinski definition) is 5. The summed E-state index contributed by atoms with van der Waals surface area (Å²) in [6, 6.07) is 7.84. The minimum Gasteiger partial charge on any atom is -0.481 e. The number of nitrogens with zero attached hydrogens (tertiary/aromatic N) is 5. The topological polar surface area (TPSA) is 123 Å². The first kappa shape index (κ1) is 18.8. The van der Waals surface area contributed by atoms with Gasteiger partial charge < -0.3 is 10.2 Å². The van der Waals surface area contributed by atoms with E-state index < -0.39 is 11.9 Å². The molecular formula is C17H19N5O4. The molecule has 0 unspecified atom stereocenters. The predicted molar refractivity (Wildman–Crippen MR) is 92.3 cm³/mol. The van der Waals surface area contributed by atoms with Crippen LogP contribution < -0.4 is 0 Å². The number of hydrogen-bond donors (Lipinski definition) is 2. The zero-order valence-corrected chi connectivity index (χ0v) is 14.2. The molecule has 3 aromatic heterocycles. The molecule has 3 heterocycles. The maximum absolute atomic E-state index is 9.64. The Balaban J connectivity index is 0.000000260. The number of aromatic nitrogens is 5. The summed E-state index contributed by atoms with van der Waals surface area (Å²) in [5, 5.41) is 24.5. The van der Waals surface area contributed by atoms with E-state index in [0.29, 0.717) is 6.54 Å². The van der Waals surface area contributed by atoms with Crippen molar-refractivity contribution in [2.24, 2.45) is 7.05 Å². The SMILES string of the molecule is Cn1ccc(Cn2cc(-c3ccccn3)cn2)n1.O=C(O)CCC(=O)O. The fraction of sp³-hybridized carbons (Fsp3) is 0.235. The molecule has 136 valence electrons. The summed E-state index contributed by atoms with van der Waals surface area (Å²) in [7, 11) is 1.91. The molecule has 0 amide bonds. The van der Waals surface area contributed by atoms with Gasteiger partial charge in [0.1, 0.15) is 0 Å². The summed E-state index contributed by atoms with van der Waals surface area (Å²) < 4.78 is 3.66. The van der Waals surface area contributed by atoms with Crippen LogP contribution in [0.3, 0.4) is 0 Å². The van der Waals surface area contributed by atoms with Gasteiger partial charge in [0.15, 0.2) is 0 Å². The lowest BCUT2D eigenvalue weighted by atomic mass is 10.2. The van der Waals surface area contributed by atoms with Crippen molar-refractivity contribution in [1.29, 1.82) is 0 Å². The van der Waals surface area contributed by atoms with E-state index >= 15 is 0 Å². The Hall–Kier alpha value is -3.49. The van der Waals surface area contributed by atoms with Gasteiger partial charge in [-0.15, -0.1) is 0 Å². The zero-order valence-electron chi connectivity index (χ0n) is 14.2. The Labute approximate surface area is 149 Å². The van der Waals surface area contributed by atoms with E-state index in [9.17, 15) is 9.59 Å². The molecule has 0 saturated carbocycles. The van der Waals surface area contributed by atoms with Crippen LogP contribution in [0.1, 0.15) is 18.5 Å². The number of carbonyl (C=O) groups is 2. The highest BCUT2D eigenvalue weighted by atomic mass is 16.4. The number of pyridine rings is 1. The van der Waals surface area contributed by atoms with E-state index in [0.717, 1.165) is 17.0 Å². The van der Waals surface area contributed by atoms with Gasteiger partial charge in [0.25, 0.3) is 0 Å². The molecule has 0 aliphatic carbocycles. The fourth-order valence-corrected chi connectivity index (χ4v) is 2.04. The summed E-state index contributed by atoms with van der Waals surface area (Å²) in [4.78, 5) is 23.6. The Morgan fingerprint density at radius 3 is 2.38 bits per heavy atom. The van der Waals surface area contributed by atoms with Crippen LogP contribution >= 0.6 is 0 Å². The van der Waals surface area contributed by atoms with Gasteiger partial charge in [0, 0.05) is 31.2 Å². The highest BCUT2D eigenvalue weighted by Crippen LogP contribution is 2.15. The first-order valence-electron chi connectivity index (χ1n) is 7.80. The van der Waals surface area contributed by atoms with Crippen LogP contribution in [0.5, 0.6) is 0 Å². The number of carboxylic acids is 2. The van der Waals surface area contributed by atoms with Crippen LogP contribution in [0, 0.1) is 0 Å². The average molecular weight is 357 g/mol. The minimum atomic E-state index is -1.08. The van der Waals surface area contributed by atoms with Crippen LogP contribution in [0.4, 0.5) is 0 Å². The average Bonchev–Trinajstić information content (AvgIpc) is 3.24. The van der Waals surface area contributed by atoms with Gasteiger partial charge in [-0.1, -0.05) is 6.07 Å². The predicted octanol–water partition coefficient (Wildman–Crippen LogP) is 1.66. The van der Waals surface area contributed by atoms with Crippen molar-refractivity contribution >= 4 is 11.9 Å². The van der Waals surface area contributed by atoms with Crippen LogP contribution in [0.15, 0.2) is 49.1 Å². The van der Waals surface area contributed by atoms with Crippen LogP contribution in [0.25, 0.3) is 11.3 Å². The fourth-order valence-electron chi connectivity index (χ4n) is 2.04. The van der Waals surface area contributed by atoms with Gasteiger partial charge in [0.2, 0.25) is 0 Å². The van der Waals surface area contributed by atoms with Crippen molar-refractivity contribution in [2.75, 3.05) is 0 Å². The molecule has 0 aliphatic rings. The van der Waals surface area contributed by atoms with E-state index in [2.05, 4.69) is 15.2 Å². The second-order valence-electron chi connectivity index (χ2n) is 5.41. The van der Waals surface area contributed by atoms with Gasteiger partial charge >= 0.3 is 11.9 Å². The van der Waals surface area contributed by atoms with Gasteiger partial charge in [-0.05, 0) is 18.2 Å². The third-order valence-corrected chi connectivity index (χ3v) is 3.24. The lowest BCUT2D eigenvalue weighted by molar-refractivity contribution is -0.143. The van der Waals surface area contributed by atoms with Crippen molar-refractivity contribution in [3.8, 4) is 11.3 Å². The van der Waals surface area contributed by atoms with E-state index in [-0.39, 0.29) is 12.8 Å². The van der Waals surface area contributed by atoms with Gasteiger partial charge in [-0.2, -0.15) is 10.2 Å². The Kier molecular flexibility index (Phi) is 6.60. The van der Waals surface area contributed by atoms with Gasteiger partial charge in [-0.3, -0.25) is 23.9 Å². The Morgan fingerprint density at radius 1 is 1.12 bits per heavy atom. The second-order valence-corrected chi connectivity index (χ2v) is 5.41. The molecule has 3 aromatic rings.